The first-order valence-electron chi connectivity index (χ1n) is 5.32. The summed E-state index contributed by atoms with van der Waals surface area (Å²) in [5.41, 5.74) is 4.86. The molecule has 1 aliphatic rings. The Labute approximate surface area is 95.0 Å². The number of aliphatic hydroxyl groups excluding tert-OH is 2. The normalized spacial score (nSPS) is 30.6. The van der Waals surface area contributed by atoms with E-state index in [1.165, 1.54) is 4.90 Å². The van der Waals surface area contributed by atoms with E-state index in [1.807, 2.05) is 0 Å². The maximum Gasteiger partial charge on any atom is 0.410 e. The molecule has 0 aromatic heterocycles. The number of nitrogens with zero attached hydrogens (tertiary/aromatic N) is 1. The molecule has 0 saturated carbocycles. The van der Waals surface area contributed by atoms with Gasteiger partial charge in [-0.25, -0.2) is 4.79 Å². The van der Waals surface area contributed by atoms with Gasteiger partial charge in [0.05, 0.1) is 18.7 Å². The van der Waals surface area contributed by atoms with Crippen molar-refractivity contribution in [1.82, 2.24) is 4.90 Å². The van der Waals surface area contributed by atoms with E-state index < -0.39 is 29.9 Å². The van der Waals surface area contributed by atoms with Crippen molar-refractivity contribution in [2.75, 3.05) is 13.1 Å². The second-order valence-electron chi connectivity index (χ2n) is 4.99. The number of hydrogen-bond donors (Lipinski definition) is 3. The molecule has 4 N–H and O–H groups in total. The number of nitrogens with two attached hydrogens (primary N) is 1. The molecular formula is C10H20N2O4. The monoisotopic (exact) mass is 232 g/mol. The average molecular weight is 232 g/mol. The van der Waals surface area contributed by atoms with Gasteiger partial charge in [0.1, 0.15) is 11.7 Å². The van der Waals surface area contributed by atoms with Crippen LogP contribution in [-0.4, -0.2) is 58.1 Å². The molecule has 0 radical (unpaired) electrons. The van der Waals surface area contributed by atoms with Crippen molar-refractivity contribution in [3.05, 3.63) is 0 Å². The lowest BCUT2D eigenvalue weighted by Crippen LogP contribution is -2.46. The van der Waals surface area contributed by atoms with Crippen LogP contribution >= 0.6 is 0 Å². The van der Waals surface area contributed by atoms with Crippen LogP contribution in [0, 0.1) is 0 Å². The Hall–Kier alpha value is -0.850. The molecule has 0 bridgehead atoms. The van der Waals surface area contributed by atoms with E-state index in [0.717, 1.165) is 0 Å². The predicted octanol–water partition coefficient (Wildman–Crippen LogP) is -0.714. The minimum Gasteiger partial charge on any atom is -0.444 e. The molecule has 0 aromatic carbocycles. The van der Waals surface area contributed by atoms with Gasteiger partial charge in [-0.3, -0.25) is 4.90 Å². The van der Waals surface area contributed by atoms with E-state index in [2.05, 4.69) is 0 Å². The van der Waals surface area contributed by atoms with Crippen molar-refractivity contribution in [3.8, 4) is 0 Å². The number of rotatable bonds is 1. The van der Waals surface area contributed by atoms with Gasteiger partial charge < -0.3 is 20.7 Å². The summed E-state index contributed by atoms with van der Waals surface area (Å²) in [5.74, 6) is 0. The van der Waals surface area contributed by atoms with Crippen LogP contribution < -0.4 is 5.73 Å². The van der Waals surface area contributed by atoms with Gasteiger partial charge in [-0.1, -0.05) is 0 Å². The Bertz CT molecular complexity index is 264. The average Bonchev–Trinajstić information content (AvgIpc) is 2.40. The lowest BCUT2D eigenvalue weighted by atomic mass is 10.1. The highest BCUT2D eigenvalue weighted by Gasteiger charge is 2.43. The Morgan fingerprint density at radius 2 is 2.06 bits per heavy atom. The molecule has 6 nitrogen and oxygen atoms in total. The van der Waals surface area contributed by atoms with Gasteiger partial charge in [0, 0.05) is 6.54 Å². The summed E-state index contributed by atoms with van der Waals surface area (Å²) in [6.07, 6.45) is -2.52. The Morgan fingerprint density at radius 3 is 2.50 bits per heavy atom. The lowest BCUT2D eigenvalue weighted by molar-refractivity contribution is 0.0152. The molecule has 0 unspecified atom stereocenters. The van der Waals surface area contributed by atoms with Gasteiger partial charge in [0.25, 0.3) is 0 Å². The minimum atomic E-state index is -1.00. The lowest BCUT2D eigenvalue weighted by Gasteiger charge is -2.28. The quantitative estimate of drug-likeness (QED) is 0.555. The standard InChI is InChI=1S/C10H20N2O4/c1-10(2,3)16-9(15)12-5-7(13)8(14)6(12)4-11/h6-8,13-14H,4-5,11H2,1-3H3/t6-,7+,8-/m1/s1. The van der Waals surface area contributed by atoms with Crippen LogP contribution in [0.4, 0.5) is 4.79 Å². The summed E-state index contributed by atoms with van der Waals surface area (Å²) in [6, 6.07) is -0.579. The van der Waals surface area contributed by atoms with Gasteiger partial charge in [0.2, 0.25) is 0 Å². The third-order valence-corrected chi connectivity index (χ3v) is 2.44. The molecule has 1 fully saturated rings. The zero-order chi connectivity index (χ0) is 12.5. The molecule has 3 atom stereocenters. The van der Waals surface area contributed by atoms with E-state index in [4.69, 9.17) is 10.5 Å². The third kappa shape index (κ3) is 2.84. The number of carbonyl (C=O) groups excluding carboxylic acids is 1. The maximum absolute atomic E-state index is 11.7. The van der Waals surface area contributed by atoms with Crippen LogP contribution in [0.25, 0.3) is 0 Å². The first-order chi connectivity index (χ1) is 7.26. The molecule has 1 aliphatic heterocycles. The van der Waals surface area contributed by atoms with Crippen molar-refractivity contribution < 1.29 is 19.7 Å². The fraction of sp³-hybridized carbons (Fsp3) is 0.900. The molecule has 94 valence electrons. The van der Waals surface area contributed by atoms with Crippen LogP contribution in [0.2, 0.25) is 0 Å². The van der Waals surface area contributed by atoms with Crippen molar-refractivity contribution in [2.24, 2.45) is 5.73 Å². The first-order valence-corrected chi connectivity index (χ1v) is 5.32. The zero-order valence-electron chi connectivity index (χ0n) is 9.88. The van der Waals surface area contributed by atoms with Crippen LogP contribution in [0.3, 0.4) is 0 Å². The smallest absolute Gasteiger partial charge is 0.410 e. The minimum absolute atomic E-state index is 0.0535. The second-order valence-corrected chi connectivity index (χ2v) is 4.99. The number of β-amino-alcohol motifs (C(OH)–C–C–N with tert-alkyl or cyclic N) is 1. The van der Waals surface area contributed by atoms with Gasteiger partial charge >= 0.3 is 6.09 Å². The molecule has 16 heavy (non-hydrogen) atoms. The fourth-order valence-corrected chi connectivity index (χ4v) is 1.68. The number of carbonyl (C=O) groups is 1. The van der Waals surface area contributed by atoms with E-state index in [9.17, 15) is 15.0 Å². The summed E-state index contributed by atoms with van der Waals surface area (Å²) in [5, 5.41) is 19.1. The Balaban J connectivity index is 2.69. The highest BCUT2D eigenvalue weighted by molar-refractivity contribution is 5.69. The second kappa shape index (κ2) is 4.57. The molecule has 6 heteroatoms. The molecule has 1 amide bonds. The summed E-state index contributed by atoms with van der Waals surface area (Å²) in [4.78, 5) is 13.0. The highest BCUT2D eigenvalue weighted by atomic mass is 16.6. The summed E-state index contributed by atoms with van der Waals surface area (Å²) >= 11 is 0. The van der Waals surface area contributed by atoms with Crippen molar-refractivity contribution in [2.45, 2.75) is 44.6 Å². The van der Waals surface area contributed by atoms with Gasteiger partial charge in [-0.15, -0.1) is 0 Å². The largest absolute Gasteiger partial charge is 0.444 e. The molecule has 0 aromatic rings. The summed E-state index contributed by atoms with van der Waals surface area (Å²) in [7, 11) is 0. The van der Waals surface area contributed by atoms with Gasteiger partial charge in [0.15, 0.2) is 0 Å². The summed E-state index contributed by atoms with van der Waals surface area (Å²) in [6.45, 7) is 5.41. The van der Waals surface area contributed by atoms with E-state index in [1.54, 1.807) is 20.8 Å². The SMILES string of the molecule is CC(C)(C)OC(=O)N1C[C@H](O)[C@H](O)[C@H]1CN. The molecular weight excluding hydrogens is 212 g/mol. The number of amides is 1. The Morgan fingerprint density at radius 1 is 1.50 bits per heavy atom. The van der Waals surface area contributed by atoms with Crippen LogP contribution in [0.5, 0.6) is 0 Å². The van der Waals surface area contributed by atoms with Crippen molar-refractivity contribution in [1.29, 1.82) is 0 Å². The molecule has 0 spiro atoms. The fourth-order valence-electron chi connectivity index (χ4n) is 1.68. The van der Waals surface area contributed by atoms with Gasteiger partial charge in [-0.05, 0) is 20.8 Å². The molecule has 1 heterocycles. The topological polar surface area (TPSA) is 96.0 Å². The molecule has 1 saturated heterocycles. The number of aliphatic hydroxyl groups is 2. The van der Waals surface area contributed by atoms with Crippen LogP contribution in [0.15, 0.2) is 0 Å². The molecule has 1 rings (SSSR count). The molecule has 0 aliphatic carbocycles. The third-order valence-electron chi connectivity index (χ3n) is 2.44. The zero-order valence-corrected chi connectivity index (χ0v) is 9.88. The van der Waals surface area contributed by atoms with E-state index in [-0.39, 0.29) is 13.1 Å². The number of ether oxygens (including phenoxy) is 1. The highest BCUT2D eigenvalue weighted by Crippen LogP contribution is 2.21. The predicted molar refractivity (Wildman–Crippen MR) is 57.8 cm³/mol. The maximum atomic E-state index is 11.7. The van der Waals surface area contributed by atoms with E-state index in [0.29, 0.717) is 0 Å². The van der Waals surface area contributed by atoms with Gasteiger partial charge in [-0.2, -0.15) is 0 Å². The van der Waals surface area contributed by atoms with E-state index >= 15 is 0 Å². The summed E-state index contributed by atoms with van der Waals surface area (Å²) < 4.78 is 5.16. The first kappa shape index (κ1) is 13.2. The van der Waals surface area contributed by atoms with Crippen LogP contribution in [-0.2, 0) is 4.74 Å². The van der Waals surface area contributed by atoms with Crippen LogP contribution in [0.1, 0.15) is 20.8 Å². The van der Waals surface area contributed by atoms with Crippen molar-refractivity contribution in [3.63, 3.8) is 0 Å². The van der Waals surface area contributed by atoms with Crippen molar-refractivity contribution >= 4 is 6.09 Å². The number of hydrogen-bond acceptors (Lipinski definition) is 5. The number of likely N-dealkylation sites (tertiary alicyclic amines) is 1. The Kier molecular flexibility index (Phi) is 3.77.